The molecule has 1 amide bonds. The standard InChI is InChI=1S/C13H12Cl2N4O/c1-7-2-3-11(9(14)4-7)18-13(20)8-5-10(15)12(19-16)17-6-8/h2-6H,16H2,1H3,(H,17,19)(H,18,20). The molecule has 0 atom stereocenters. The third-order valence-corrected chi connectivity index (χ3v) is 3.21. The summed E-state index contributed by atoms with van der Waals surface area (Å²) in [6, 6.07) is 6.83. The summed E-state index contributed by atoms with van der Waals surface area (Å²) in [5.74, 6) is 5.17. The van der Waals surface area contributed by atoms with Gasteiger partial charge in [0.15, 0.2) is 5.82 Å². The largest absolute Gasteiger partial charge is 0.321 e. The van der Waals surface area contributed by atoms with Crippen LogP contribution in [0.2, 0.25) is 10.0 Å². The van der Waals surface area contributed by atoms with Crippen molar-refractivity contribution in [2.75, 3.05) is 10.7 Å². The van der Waals surface area contributed by atoms with Crippen molar-refractivity contribution in [3.63, 3.8) is 0 Å². The molecule has 0 spiro atoms. The number of nitrogens with one attached hydrogen (secondary N) is 2. The Morgan fingerprint density at radius 2 is 2.00 bits per heavy atom. The predicted molar refractivity (Wildman–Crippen MR) is 81.2 cm³/mol. The van der Waals surface area contributed by atoms with Crippen LogP contribution in [-0.2, 0) is 0 Å². The van der Waals surface area contributed by atoms with Crippen molar-refractivity contribution < 1.29 is 4.79 Å². The summed E-state index contributed by atoms with van der Waals surface area (Å²) in [4.78, 5) is 16.0. The molecule has 0 radical (unpaired) electrons. The summed E-state index contributed by atoms with van der Waals surface area (Å²) < 4.78 is 0. The highest BCUT2D eigenvalue weighted by molar-refractivity contribution is 6.34. The number of halogens is 2. The molecule has 0 aliphatic rings. The molecule has 1 heterocycles. The maximum atomic E-state index is 12.1. The molecule has 0 fully saturated rings. The zero-order chi connectivity index (χ0) is 14.7. The lowest BCUT2D eigenvalue weighted by atomic mass is 10.2. The van der Waals surface area contributed by atoms with E-state index in [0.717, 1.165) is 5.56 Å². The predicted octanol–water partition coefficient (Wildman–Crippen LogP) is 3.23. The molecule has 0 saturated carbocycles. The van der Waals surface area contributed by atoms with Crippen LogP contribution in [0.15, 0.2) is 30.5 Å². The molecule has 4 N–H and O–H groups in total. The minimum atomic E-state index is -0.353. The first kappa shape index (κ1) is 14.6. The van der Waals surface area contributed by atoms with Gasteiger partial charge in [-0.2, -0.15) is 0 Å². The topological polar surface area (TPSA) is 80.0 Å². The summed E-state index contributed by atoms with van der Waals surface area (Å²) in [7, 11) is 0. The molecule has 0 aliphatic heterocycles. The summed E-state index contributed by atoms with van der Waals surface area (Å²) in [5, 5.41) is 3.43. The third kappa shape index (κ3) is 3.19. The van der Waals surface area contributed by atoms with Gasteiger partial charge >= 0.3 is 0 Å². The van der Waals surface area contributed by atoms with Crippen LogP contribution in [0.3, 0.4) is 0 Å². The second-order valence-electron chi connectivity index (χ2n) is 4.14. The van der Waals surface area contributed by atoms with E-state index in [-0.39, 0.29) is 10.9 Å². The van der Waals surface area contributed by atoms with Gasteiger partial charge in [0.25, 0.3) is 5.91 Å². The lowest BCUT2D eigenvalue weighted by molar-refractivity contribution is 0.102. The van der Waals surface area contributed by atoms with E-state index in [1.165, 1.54) is 12.3 Å². The number of carbonyl (C=O) groups is 1. The fraction of sp³-hybridized carbons (Fsp3) is 0.0769. The normalized spacial score (nSPS) is 10.2. The summed E-state index contributed by atoms with van der Waals surface area (Å²) in [5.41, 5.74) is 4.18. The van der Waals surface area contributed by atoms with Crippen molar-refractivity contribution in [1.82, 2.24) is 4.98 Å². The number of amides is 1. The molecule has 1 aromatic carbocycles. The molecule has 0 saturated heterocycles. The Labute approximate surface area is 126 Å². The van der Waals surface area contributed by atoms with Crippen LogP contribution in [-0.4, -0.2) is 10.9 Å². The summed E-state index contributed by atoms with van der Waals surface area (Å²) in [6.07, 6.45) is 1.37. The number of carbonyl (C=O) groups excluding carboxylic acids is 1. The third-order valence-electron chi connectivity index (χ3n) is 2.61. The monoisotopic (exact) mass is 310 g/mol. The Kier molecular flexibility index (Phi) is 4.44. The number of benzene rings is 1. The first-order chi connectivity index (χ1) is 9.51. The summed E-state index contributed by atoms with van der Waals surface area (Å²) in [6.45, 7) is 1.92. The zero-order valence-electron chi connectivity index (χ0n) is 10.6. The van der Waals surface area contributed by atoms with Gasteiger partial charge in [0, 0.05) is 6.20 Å². The lowest BCUT2D eigenvalue weighted by Gasteiger charge is -2.09. The van der Waals surface area contributed by atoms with Gasteiger partial charge < -0.3 is 10.7 Å². The van der Waals surface area contributed by atoms with Crippen LogP contribution in [0.5, 0.6) is 0 Å². The second-order valence-corrected chi connectivity index (χ2v) is 4.95. The molecule has 2 rings (SSSR count). The number of pyridine rings is 1. The summed E-state index contributed by atoms with van der Waals surface area (Å²) >= 11 is 12.0. The van der Waals surface area contributed by atoms with Gasteiger partial charge in [-0.25, -0.2) is 10.8 Å². The van der Waals surface area contributed by atoms with E-state index in [2.05, 4.69) is 15.7 Å². The van der Waals surface area contributed by atoms with Gasteiger partial charge in [0.2, 0.25) is 0 Å². The van der Waals surface area contributed by atoms with E-state index in [9.17, 15) is 4.79 Å². The van der Waals surface area contributed by atoms with Crippen LogP contribution in [0, 0.1) is 6.92 Å². The molecular formula is C13H12Cl2N4O. The van der Waals surface area contributed by atoms with E-state index in [4.69, 9.17) is 29.0 Å². The average Bonchev–Trinajstić information content (AvgIpc) is 2.41. The quantitative estimate of drug-likeness (QED) is 0.600. The van der Waals surface area contributed by atoms with E-state index in [1.54, 1.807) is 12.1 Å². The molecule has 20 heavy (non-hydrogen) atoms. The number of nitrogens with two attached hydrogens (primary N) is 1. The van der Waals surface area contributed by atoms with Crippen molar-refractivity contribution in [1.29, 1.82) is 0 Å². The molecule has 2 aromatic rings. The van der Waals surface area contributed by atoms with Crippen molar-refractivity contribution in [3.8, 4) is 0 Å². The van der Waals surface area contributed by atoms with Gasteiger partial charge in [-0.05, 0) is 30.7 Å². The van der Waals surface area contributed by atoms with Gasteiger partial charge in [0.1, 0.15) is 0 Å². The van der Waals surface area contributed by atoms with Gasteiger partial charge in [-0.3, -0.25) is 4.79 Å². The number of aryl methyl sites for hydroxylation is 1. The number of nitrogen functional groups attached to an aromatic ring is 1. The second kappa shape index (κ2) is 6.09. The first-order valence-electron chi connectivity index (χ1n) is 5.71. The number of hydrogen-bond donors (Lipinski definition) is 3. The molecule has 0 aliphatic carbocycles. The van der Waals surface area contributed by atoms with E-state index >= 15 is 0 Å². The van der Waals surface area contributed by atoms with E-state index in [1.807, 2.05) is 13.0 Å². The highest BCUT2D eigenvalue weighted by Gasteiger charge is 2.11. The number of nitrogens with zero attached hydrogens (tertiary/aromatic N) is 1. The van der Waals surface area contributed by atoms with Gasteiger partial charge in [-0.15, -0.1) is 0 Å². The average molecular weight is 311 g/mol. The highest BCUT2D eigenvalue weighted by atomic mass is 35.5. The van der Waals surface area contributed by atoms with Crippen LogP contribution in [0.1, 0.15) is 15.9 Å². The minimum absolute atomic E-state index is 0.259. The minimum Gasteiger partial charge on any atom is -0.321 e. The fourth-order valence-corrected chi connectivity index (χ4v) is 2.09. The number of aromatic nitrogens is 1. The van der Waals surface area contributed by atoms with Gasteiger partial charge in [-0.1, -0.05) is 29.3 Å². The highest BCUT2D eigenvalue weighted by Crippen LogP contribution is 2.24. The van der Waals surface area contributed by atoms with E-state index < -0.39 is 0 Å². The smallest absolute Gasteiger partial charge is 0.257 e. The van der Waals surface area contributed by atoms with Crippen molar-refractivity contribution in [2.45, 2.75) is 6.92 Å². The maximum Gasteiger partial charge on any atom is 0.257 e. The van der Waals surface area contributed by atoms with Crippen LogP contribution in [0.4, 0.5) is 11.5 Å². The molecule has 1 aromatic heterocycles. The SMILES string of the molecule is Cc1ccc(NC(=O)c2cnc(NN)c(Cl)c2)c(Cl)c1. The number of rotatable bonds is 3. The molecule has 0 bridgehead atoms. The Balaban J connectivity index is 2.21. The van der Waals surface area contributed by atoms with Crippen LogP contribution in [0.25, 0.3) is 0 Å². The number of hydrazine groups is 1. The lowest BCUT2D eigenvalue weighted by Crippen LogP contribution is -2.14. The van der Waals surface area contributed by atoms with E-state index in [0.29, 0.717) is 22.1 Å². The fourth-order valence-electron chi connectivity index (χ4n) is 1.58. The Bertz CT molecular complexity index is 661. The molecule has 104 valence electrons. The Morgan fingerprint density at radius 1 is 1.25 bits per heavy atom. The van der Waals surface area contributed by atoms with Crippen LogP contribution >= 0.6 is 23.2 Å². The van der Waals surface area contributed by atoms with Crippen molar-refractivity contribution in [3.05, 3.63) is 51.6 Å². The zero-order valence-corrected chi connectivity index (χ0v) is 12.1. The van der Waals surface area contributed by atoms with Crippen molar-refractivity contribution >= 4 is 40.6 Å². The maximum absolute atomic E-state index is 12.1. The number of anilines is 2. The van der Waals surface area contributed by atoms with Crippen molar-refractivity contribution in [2.24, 2.45) is 5.84 Å². The molecule has 7 heteroatoms. The molecular weight excluding hydrogens is 299 g/mol. The van der Waals surface area contributed by atoms with Gasteiger partial charge in [0.05, 0.1) is 21.3 Å². The Hall–Kier alpha value is -1.82. The molecule has 5 nitrogen and oxygen atoms in total. The first-order valence-corrected chi connectivity index (χ1v) is 6.46. The molecule has 0 unspecified atom stereocenters. The Morgan fingerprint density at radius 3 is 2.60 bits per heavy atom. The van der Waals surface area contributed by atoms with Crippen LogP contribution < -0.4 is 16.6 Å². The number of hydrogen-bond acceptors (Lipinski definition) is 4.